The average Bonchev–Trinajstić information content (AvgIpc) is 2.89. The Morgan fingerprint density at radius 1 is 1.33 bits per heavy atom. The monoisotopic (exact) mass is 290 g/mol. The Balaban J connectivity index is 0.000000267. The number of aryl methyl sites for hydroxylation is 1. The summed E-state index contributed by atoms with van der Waals surface area (Å²) >= 11 is 0. The summed E-state index contributed by atoms with van der Waals surface area (Å²) in [4.78, 5) is 10.1. The standard InChI is InChI=1S/C12H13NO.C4H7NO.H2O/c1-12(2)6-5-10-7-9(8-13)3-4-11(10)14-12;6-4-2-1-3-5-4;/h3-4,7H,5-6H2,1-2H3;1-3H2,(H,5,6);1H2. The molecule has 0 saturated carbocycles. The lowest BCUT2D eigenvalue weighted by atomic mass is 9.93. The van der Waals surface area contributed by atoms with Crippen LogP contribution in [0.2, 0.25) is 0 Å². The van der Waals surface area contributed by atoms with E-state index in [1.807, 2.05) is 12.1 Å². The molecule has 0 unspecified atom stereocenters. The fourth-order valence-electron chi connectivity index (χ4n) is 2.29. The number of carbonyl (C=O) groups excluding carboxylic acids is 1. The highest BCUT2D eigenvalue weighted by molar-refractivity contribution is 5.77. The van der Waals surface area contributed by atoms with E-state index in [-0.39, 0.29) is 17.0 Å². The third-order valence-electron chi connectivity index (χ3n) is 3.48. The minimum Gasteiger partial charge on any atom is -0.488 e. The Morgan fingerprint density at radius 2 is 2.10 bits per heavy atom. The predicted octanol–water partition coefficient (Wildman–Crippen LogP) is 1.73. The second-order valence-electron chi connectivity index (χ2n) is 5.75. The number of hydrogen-bond donors (Lipinski definition) is 1. The molecule has 2 aliphatic rings. The number of nitrogens with one attached hydrogen (secondary N) is 1. The lowest BCUT2D eigenvalue weighted by Gasteiger charge is -2.32. The molecule has 1 fully saturated rings. The van der Waals surface area contributed by atoms with E-state index in [1.165, 1.54) is 0 Å². The van der Waals surface area contributed by atoms with Crippen molar-refractivity contribution >= 4 is 5.91 Å². The molecule has 0 aromatic heterocycles. The number of fused-ring (bicyclic) bond motifs is 1. The van der Waals surface area contributed by atoms with Crippen molar-refractivity contribution in [1.82, 2.24) is 5.32 Å². The molecule has 5 heteroatoms. The van der Waals surface area contributed by atoms with Gasteiger partial charge in [0.1, 0.15) is 11.4 Å². The summed E-state index contributed by atoms with van der Waals surface area (Å²) in [6.45, 7) is 5.07. The fraction of sp³-hybridized carbons (Fsp3) is 0.500. The predicted molar refractivity (Wildman–Crippen MR) is 80.0 cm³/mol. The van der Waals surface area contributed by atoms with Crippen LogP contribution in [0.15, 0.2) is 18.2 Å². The van der Waals surface area contributed by atoms with Gasteiger partial charge < -0.3 is 15.5 Å². The first-order chi connectivity index (χ1) is 9.50. The number of ether oxygens (including phenoxy) is 1. The zero-order valence-corrected chi connectivity index (χ0v) is 12.5. The van der Waals surface area contributed by atoms with E-state index < -0.39 is 0 Å². The van der Waals surface area contributed by atoms with Crippen molar-refractivity contribution < 1.29 is 15.0 Å². The van der Waals surface area contributed by atoms with Crippen molar-refractivity contribution in [3.05, 3.63) is 29.3 Å². The molecule has 114 valence electrons. The van der Waals surface area contributed by atoms with Crippen LogP contribution in [0.4, 0.5) is 0 Å². The minimum atomic E-state index is -0.0683. The molecule has 21 heavy (non-hydrogen) atoms. The summed E-state index contributed by atoms with van der Waals surface area (Å²) in [6, 6.07) is 7.77. The molecule has 2 aliphatic heterocycles. The van der Waals surface area contributed by atoms with Gasteiger partial charge in [-0.25, -0.2) is 0 Å². The number of nitriles is 1. The van der Waals surface area contributed by atoms with Gasteiger partial charge in [-0.05, 0) is 56.9 Å². The molecule has 2 heterocycles. The number of nitrogens with zero attached hydrogens (tertiary/aromatic N) is 1. The Labute approximate surface area is 125 Å². The average molecular weight is 290 g/mol. The highest BCUT2D eigenvalue weighted by Crippen LogP contribution is 2.33. The van der Waals surface area contributed by atoms with Gasteiger partial charge in [-0.3, -0.25) is 4.79 Å². The number of carbonyl (C=O) groups is 1. The van der Waals surface area contributed by atoms with E-state index in [9.17, 15) is 4.79 Å². The summed E-state index contributed by atoms with van der Waals surface area (Å²) in [5.41, 5.74) is 1.80. The van der Waals surface area contributed by atoms with Crippen LogP contribution in [0.1, 0.15) is 44.2 Å². The molecule has 1 aromatic carbocycles. The number of rotatable bonds is 0. The second-order valence-corrected chi connectivity index (χ2v) is 5.75. The quantitative estimate of drug-likeness (QED) is 0.788. The van der Waals surface area contributed by atoms with Crippen LogP contribution in [0.3, 0.4) is 0 Å². The summed E-state index contributed by atoms with van der Waals surface area (Å²) in [5, 5.41) is 11.4. The molecule has 5 nitrogen and oxygen atoms in total. The van der Waals surface area contributed by atoms with Crippen molar-refractivity contribution in [3.8, 4) is 11.8 Å². The fourth-order valence-corrected chi connectivity index (χ4v) is 2.29. The highest BCUT2D eigenvalue weighted by atomic mass is 16.5. The summed E-state index contributed by atoms with van der Waals surface area (Å²) in [7, 11) is 0. The summed E-state index contributed by atoms with van der Waals surface area (Å²) in [5.74, 6) is 1.13. The van der Waals surface area contributed by atoms with Gasteiger partial charge in [0, 0.05) is 13.0 Å². The van der Waals surface area contributed by atoms with Gasteiger partial charge in [0.2, 0.25) is 5.91 Å². The lowest BCUT2D eigenvalue weighted by Crippen LogP contribution is -2.32. The van der Waals surface area contributed by atoms with Gasteiger partial charge in [0.15, 0.2) is 0 Å². The maximum atomic E-state index is 10.1. The lowest BCUT2D eigenvalue weighted by molar-refractivity contribution is -0.119. The Hall–Kier alpha value is -2.06. The van der Waals surface area contributed by atoms with E-state index >= 15 is 0 Å². The molecule has 0 atom stereocenters. The van der Waals surface area contributed by atoms with Gasteiger partial charge in [0.25, 0.3) is 0 Å². The molecule has 3 N–H and O–H groups in total. The van der Waals surface area contributed by atoms with Crippen LogP contribution in [0.25, 0.3) is 0 Å². The van der Waals surface area contributed by atoms with Crippen LogP contribution in [-0.4, -0.2) is 23.5 Å². The first kappa shape index (κ1) is 17.0. The van der Waals surface area contributed by atoms with Crippen molar-refractivity contribution in [2.75, 3.05) is 6.54 Å². The van der Waals surface area contributed by atoms with E-state index in [1.54, 1.807) is 6.07 Å². The number of hydrogen-bond acceptors (Lipinski definition) is 3. The van der Waals surface area contributed by atoms with Crippen LogP contribution in [0.5, 0.6) is 5.75 Å². The Bertz CT molecular complexity index is 539. The zero-order chi connectivity index (χ0) is 14.6. The van der Waals surface area contributed by atoms with Crippen molar-refractivity contribution in [2.24, 2.45) is 0 Å². The van der Waals surface area contributed by atoms with E-state index in [4.69, 9.17) is 10.00 Å². The Kier molecular flexibility index (Phi) is 5.74. The van der Waals surface area contributed by atoms with Crippen molar-refractivity contribution in [1.29, 1.82) is 5.26 Å². The second kappa shape index (κ2) is 7.09. The molecule has 0 spiro atoms. The molecule has 0 radical (unpaired) electrons. The normalized spacial score (nSPS) is 17.9. The SMILES string of the molecule is CC1(C)CCc2cc(C#N)ccc2O1.O.O=C1CCCN1. The third kappa shape index (κ3) is 4.76. The maximum Gasteiger partial charge on any atom is 0.220 e. The van der Waals surface area contributed by atoms with Gasteiger partial charge in [0.05, 0.1) is 11.6 Å². The number of benzene rings is 1. The highest BCUT2D eigenvalue weighted by Gasteiger charge is 2.26. The van der Waals surface area contributed by atoms with Gasteiger partial charge in [-0.1, -0.05) is 0 Å². The van der Waals surface area contributed by atoms with Crippen LogP contribution in [0, 0.1) is 11.3 Å². The number of amides is 1. The van der Waals surface area contributed by atoms with Crippen LogP contribution < -0.4 is 10.1 Å². The van der Waals surface area contributed by atoms with E-state index in [2.05, 4.69) is 25.2 Å². The molecule has 0 aliphatic carbocycles. The van der Waals surface area contributed by atoms with Gasteiger partial charge in [-0.15, -0.1) is 0 Å². The molecule has 0 bridgehead atoms. The molecule has 1 amide bonds. The molecule has 1 saturated heterocycles. The first-order valence-corrected chi connectivity index (χ1v) is 6.99. The molecule has 1 aromatic rings. The minimum absolute atomic E-state index is 0. The largest absolute Gasteiger partial charge is 0.488 e. The first-order valence-electron chi connectivity index (χ1n) is 6.99. The van der Waals surface area contributed by atoms with E-state index in [0.717, 1.165) is 43.5 Å². The molecule has 3 rings (SSSR count). The molecular weight excluding hydrogens is 268 g/mol. The van der Waals surface area contributed by atoms with Crippen LogP contribution in [-0.2, 0) is 11.2 Å². The zero-order valence-electron chi connectivity index (χ0n) is 12.5. The topological polar surface area (TPSA) is 93.6 Å². The summed E-state index contributed by atoms with van der Waals surface area (Å²) in [6.07, 6.45) is 3.77. The van der Waals surface area contributed by atoms with Crippen LogP contribution >= 0.6 is 0 Å². The van der Waals surface area contributed by atoms with Gasteiger partial charge in [-0.2, -0.15) is 5.26 Å². The molecular formula is C16H22N2O3. The maximum absolute atomic E-state index is 10.1. The van der Waals surface area contributed by atoms with E-state index in [0.29, 0.717) is 5.56 Å². The van der Waals surface area contributed by atoms with Crippen molar-refractivity contribution in [3.63, 3.8) is 0 Å². The smallest absolute Gasteiger partial charge is 0.220 e. The Morgan fingerprint density at radius 3 is 2.62 bits per heavy atom. The van der Waals surface area contributed by atoms with Crippen molar-refractivity contribution in [2.45, 2.75) is 45.1 Å². The third-order valence-corrected chi connectivity index (χ3v) is 3.48. The summed E-state index contributed by atoms with van der Waals surface area (Å²) < 4.78 is 5.81. The van der Waals surface area contributed by atoms with Gasteiger partial charge >= 0.3 is 0 Å².